The second-order valence-electron chi connectivity index (χ2n) is 9.74. The van der Waals surface area contributed by atoms with Crippen LogP contribution in [-0.4, -0.2) is 51.7 Å². The lowest BCUT2D eigenvalue weighted by Gasteiger charge is -2.28. The van der Waals surface area contributed by atoms with Gasteiger partial charge in [0, 0.05) is 23.4 Å². The third-order valence-electron chi connectivity index (χ3n) is 7.29. The highest BCUT2D eigenvalue weighted by Crippen LogP contribution is 2.38. The minimum Gasteiger partial charge on any atom is -0.481 e. The summed E-state index contributed by atoms with van der Waals surface area (Å²) >= 11 is 1.57. The Balaban J connectivity index is 1.25. The van der Waals surface area contributed by atoms with Gasteiger partial charge in [-0.2, -0.15) is 9.97 Å². The minimum absolute atomic E-state index is 0.0191. The van der Waals surface area contributed by atoms with Crippen molar-refractivity contribution >= 4 is 34.7 Å². The zero-order valence-electron chi connectivity index (χ0n) is 21.3. The van der Waals surface area contributed by atoms with Gasteiger partial charge in [-0.05, 0) is 62.1 Å². The summed E-state index contributed by atoms with van der Waals surface area (Å²) in [5.41, 5.74) is 11.1. The number of hydrogen-bond donors (Lipinski definition) is 2. The van der Waals surface area contributed by atoms with Crippen molar-refractivity contribution in [1.29, 1.82) is 0 Å². The van der Waals surface area contributed by atoms with Gasteiger partial charge in [0.25, 0.3) is 5.91 Å². The number of ether oxygens (including phenoxy) is 2. The second-order valence-corrected chi connectivity index (χ2v) is 10.7. The molecule has 3 aromatic rings. The molecule has 10 nitrogen and oxygen atoms in total. The molecule has 1 aliphatic carbocycles. The van der Waals surface area contributed by atoms with Gasteiger partial charge >= 0.3 is 12.0 Å². The molecule has 0 saturated heterocycles. The standard InChI is InChI=1S/C27H31N5O5S/c1-16-21(38-15-29-16)10-12-37-27-30-24(28)23-25(31-27)36-13-11-32(26(23)35)20-8-6-19(7-9-20)18-4-2-17(3-5-18)14-22(33)34/h6-9,15,17-18H,2-5,10-14H2,1H3,(H,33,34)(H2,28,30,31). The number of nitrogens with zero attached hydrogens (tertiary/aromatic N) is 4. The first-order valence-electron chi connectivity index (χ1n) is 12.8. The molecule has 200 valence electrons. The fraction of sp³-hybridized carbons (Fsp3) is 0.444. The molecular weight excluding hydrogens is 506 g/mol. The molecule has 3 heterocycles. The highest BCUT2D eigenvalue weighted by atomic mass is 32.1. The molecule has 38 heavy (non-hydrogen) atoms. The number of nitrogen functional groups attached to an aromatic ring is 1. The summed E-state index contributed by atoms with van der Waals surface area (Å²) in [6.45, 7) is 2.91. The zero-order valence-corrected chi connectivity index (χ0v) is 22.1. The Hall–Kier alpha value is -3.73. The predicted molar refractivity (Wildman–Crippen MR) is 143 cm³/mol. The van der Waals surface area contributed by atoms with E-state index in [0.29, 0.717) is 25.5 Å². The fourth-order valence-electron chi connectivity index (χ4n) is 5.20. The van der Waals surface area contributed by atoms with Crippen molar-refractivity contribution < 1.29 is 24.2 Å². The molecule has 1 saturated carbocycles. The summed E-state index contributed by atoms with van der Waals surface area (Å²) in [6, 6.07) is 8.07. The summed E-state index contributed by atoms with van der Waals surface area (Å²) in [5.74, 6) is -0.223. The van der Waals surface area contributed by atoms with Gasteiger partial charge in [-0.3, -0.25) is 9.59 Å². The van der Waals surface area contributed by atoms with Gasteiger partial charge in [0.2, 0.25) is 5.88 Å². The van der Waals surface area contributed by atoms with Gasteiger partial charge in [0.05, 0.1) is 24.4 Å². The third-order valence-corrected chi connectivity index (χ3v) is 8.28. The van der Waals surface area contributed by atoms with Crippen LogP contribution < -0.4 is 20.1 Å². The van der Waals surface area contributed by atoms with Gasteiger partial charge < -0.3 is 25.2 Å². The van der Waals surface area contributed by atoms with E-state index in [1.165, 1.54) is 5.56 Å². The van der Waals surface area contributed by atoms with Crippen LogP contribution in [0.1, 0.15) is 64.5 Å². The van der Waals surface area contributed by atoms with E-state index < -0.39 is 5.97 Å². The van der Waals surface area contributed by atoms with Crippen molar-refractivity contribution in [3.8, 4) is 11.9 Å². The summed E-state index contributed by atoms with van der Waals surface area (Å²) in [5, 5.41) is 9.05. The number of fused-ring (bicyclic) bond motifs is 1. The van der Waals surface area contributed by atoms with Crippen molar-refractivity contribution in [2.75, 3.05) is 30.4 Å². The SMILES string of the molecule is Cc1ncsc1CCOc1nc(N)c2c(n1)OCCN(c1ccc(C3CCC(CC(=O)O)CC3)cc1)C2=O. The normalized spacial score (nSPS) is 19.4. The number of hydrogen-bond acceptors (Lipinski definition) is 9. The lowest BCUT2D eigenvalue weighted by molar-refractivity contribution is -0.138. The van der Waals surface area contributed by atoms with Crippen LogP contribution in [0, 0.1) is 12.8 Å². The maximum atomic E-state index is 13.5. The lowest BCUT2D eigenvalue weighted by Crippen LogP contribution is -2.32. The molecule has 1 fully saturated rings. The van der Waals surface area contributed by atoms with E-state index in [2.05, 4.69) is 27.1 Å². The smallest absolute Gasteiger partial charge is 0.321 e. The Morgan fingerprint density at radius 3 is 2.66 bits per heavy atom. The number of carboxylic acids is 1. The molecule has 0 bridgehead atoms. The highest BCUT2D eigenvalue weighted by Gasteiger charge is 2.30. The van der Waals surface area contributed by atoms with Crippen molar-refractivity contribution in [3.63, 3.8) is 0 Å². The van der Waals surface area contributed by atoms with Crippen LogP contribution in [-0.2, 0) is 11.2 Å². The van der Waals surface area contributed by atoms with E-state index in [9.17, 15) is 9.59 Å². The Morgan fingerprint density at radius 1 is 1.21 bits per heavy atom. The maximum absolute atomic E-state index is 13.5. The predicted octanol–water partition coefficient (Wildman–Crippen LogP) is 4.23. The van der Waals surface area contributed by atoms with Gasteiger partial charge in [-0.1, -0.05) is 12.1 Å². The molecule has 0 spiro atoms. The number of aryl methyl sites for hydroxylation is 1. The first-order valence-corrected chi connectivity index (χ1v) is 13.7. The summed E-state index contributed by atoms with van der Waals surface area (Å²) < 4.78 is 11.5. The average Bonchev–Trinajstić information content (AvgIpc) is 3.22. The molecule has 1 amide bonds. The fourth-order valence-corrected chi connectivity index (χ4v) is 5.96. The second kappa shape index (κ2) is 11.3. The molecule has 5 rings (SSSR count). The average molecular weight is 538 g/mol. The third kappa shape index (κ3) is 5.72. The number of nitrogens with two attached hydrogens (primary N) is 1. The van der Waals surface area contributed by atoms with E-state index in [1.54, 1.807) is 21.7 Å². The van der Waals surface area contributed by atoms with E-state index in [-0.39, 0.29) is 48.1 Å². The molecule has 0 unspecified atom stereocenters. The summed E-state index contributed by atoms with van der Waals surface area (Å²) in [7, 11) is 0. The topological polar surface area (TPSA) is 141 Å². The Morgan fingerprint density at radius 2 is 1.97 bits per heavy atom. The van der Waals surface area contributed by atoms with Gasteiger partial charge in [-0.15, -0.1) is 11.3 Å². The molecule has 3 N–H and O–H groups in total. The molecular formula is C27H31N5O5S. The van der Waals surface area contributed by atoms with Gasteiger partial charge in [0.15, 0.2) is 0 Å². The van der Waals surface area contributed by atoms with Crippen LogP contribution in [0.15, 0.2) is 29.8 Å². The Kier molecular flexibility index (Phi) is 7.73. The number of carbonyl (C=O) groups is 2. The van der Waals surface area contributed by atoms with Gasteiger partial charge in [0.1, 0.15) is 18.0 Å². The van der Waals surface area contributed by atoms with Gasteiger partial charge in [-0.25, -0.2) is 4.98 Å². The van der Waals surface area contributed by atoms with Crippen LogP contribution in [0.2, 0.25) is 0 Å². The number of thiazole rings is 1. The van der Waals surface area contributed by atoms with E-state index >= 15 is 0 Å². The van der Waals surface area contributed by atoms with Crippen LogP contribution in [0.5, 0.6) is 11.9 Å². The van der Waals surface area contributed by atoms with E-state index in [0.717, 1.165) is 41.9 Å². The number of aromatic nitrogens is 3. The van der Waals surface area contributed by atoms with Crippen molar-refractivity contribution in [2.45, 2.75) is 51.4 Å². The number of aliphatic carboxylic acids is 1. The van der Waals surface area contributed by atoms with Crippen LogP contribution in [0.4, 0.5) is 11.5 Å². The molecule has 1 aliphatic heterocycles. The largest absolute Gasteiger partial charge is 0.481 e. The van der Waals surface area contributed by atoms with Crippen LogP contribution in [0.25, 0.3) is 0 Å². The highest BCUT2D eigenvalue weighted by molar-refractivity contribution is 7.09. The quantitative estimate of drug-likeness (QED) is 0.432. The molecule has 1 aromatic carbocycles. The molecule has 2 aliphatic rings. The first-order chi connectivity index (χ1) is 18.4. The van der Waals surface area contributed by atoms with Crippen LogP contribution in [0.3, 0.4) is 0 Å². The zero-order chi connectivity index (χ0) is 26.6. The minimum atomic E-state index is -0.720. The van der Waals surface area contributed by atoms with Crippen LogP contribution >= 0.6 is 11.3 Å². The summed E-state index contributed by atoms with van der Waals surface area (Å²) in [4.78, 5) is 40.0. The van der Waals surface area contributed by atoms with E-state index in [4.69, 9.17) is 20.3 Å². The molecule has 11 heteroatoms. The number of amides is 1. The number of carboxylic acid groups (broad SMARTS) is 1. The number of benzene rings is 1. The maximum Gasteiger partial charge on any atom is 0.321 e. The molecule has 2 aromatic heterocycles. The molecule has 0 radical (unpaired) electrons. The Labute approximate surface area is 224 Å². The van der Waals surface area contributed by atoms with E-state index in [1.807, 2.05) is 19.1 Å². The Bertz CT molecular complexity index is 1300. The van der Waals surface area contributed by atoms with Crippen molar-refractivity contribution in [2.24, 2.45) is 5.92 Å². The summed E-state index contributed by atoms with van der Waals surface area (Å²) in [6.07, 6.45) is 4.72. The van der Waals surface area contributed by atoms with Crippen molar-refractivity contribution in [1.82, 2.24) is 15.0 Å². The number of carbonyl (C=O) groups excluding carboxylic acids is 1. The number of rotatable bonds is 8. The molecule has 0 atom stereocenters. The van der Waals surface area contributed by atoms with Crippen molar-refractivity contribution in [3.05, 3.63) is 51.5 Å². The number of anilines is 2. The lowest BCUT2D eigenvalue weighted by atomic mass is 9.77. The first kappa shape index (κ1) is 25.9. The monoisotopic (exact) mass is 537 g/mol.